The first-order chi connectivity index (χ1) is 8.09. The van der Waals surface area contributed by atoms with E-state index in [9.17, 15) is 0 Å². The van der Waals surface area contributed by atoms with Gasteiger partial charge in [0, 0.05) is 5.39 Å². The fraction of sp³-hybridized carbons (Fsp3) is 0. The van der Waals surface area contributed by atoms with Crippen LogP contribution in [-0.2, 0) is 0 Å². The van der Waals surface area contributed by atoms with Gasteiger partial charge in [0.15, 0.2) is 5.58 Å². The number of hydrogen-bond donors (Lipinski definition) is 0. The lowest BCUT2D eigenvalue weighted by Crippen LogP contribution is -1.75. The number of rotatable bonds is 0. The fourth-order valence-corrected chi connectivity index (χ4v) is 2.84. The van der Waals surface area contributed by atoms with Crippen molar-refractivity contribution in [1.29, 1.82) is 0 Å². The lowest BCUT2D eigenvalue weighted by atomic mass is 10.1. The van der Waals surface area contributed by atoms with E-state index in [1.165, 1.54) is 0 Å². The lowest BCUT2D eigenvalue weighted by molar-refractivity contribution is 0.669. The summed E-state index contributed by atoms with van der Waals surface area (Å²) in [5.41, 5.74) is 1.14. The van der Waals surface area contributed by atoms with Crippen molar-refractivity contribution < 1.29 is 4.42 Å². The zero-order valence-electron chi connectivity index (χ0n) is 8.23. The van der Waals surface area contributed by atoms with Crippen molar-refractivity contribution in [3.8, 4) is 0 Å². The highest BCUT2D eigenvalue weighted by molar-refractivity contribution is 6.50. The van der Waals surface area contributed by atoms with Gasteiger partial charge in [-0.3, -0.25) is 0 Å². The number of hydrogen-bond acceptors (Lipinski definition) is 1. The molecule has 0 aliphatic carbocycles. The zero-order valence-corrected chi connectivity index (χ0v) is 11.3. The highest BCUT2D eigenvalue weighted by atomic mass is 35.5. The molecule has 86 valence electrons. The summed E-state index contributed by atoms with van der Waals surface area (Å²) < 4.78 is 5.64. The van der Waals surface area contributed by atoms with Crippen LogP contribution in [0.4, 0.5) is 0 Å². The molecule has 0 unspecified atom stereocenters. The van der Waals surface area contributed by atoms with E-state index < -0.39 is 0 Å². The molecule has 0 saturated heterocycles. The summed E-state index contributed by atoms with van der Waals surface area (Å²) in [7, 11) is 0. The van der Waals surface area contributed by atoms with Crippen LogP contribution in [0.3, 0.4) is 0 Å². The van der Waals surface area contributed by atoms with Crippen LogP contribution in [-0.4, -0.2) is 0 Å². The molecular formula is C12H4Cl4O. The average Bonchev–Trinajstić information content (AvgIpc) is 2.67. The predicted molar refractivity (Wildman–Crippen MR) is 73.8 cm³/mol. The number of furan rings is 1. The van der Waals surface area contributed by atoms with Crippen LogP contribution in [0.2, 0.25) is 20.1 Å². The second kappa shape index (κ2) is 3.96. The summed E-state index contributed by atoms with van der Waals surface area (Å²) in [6.45, 7) is 0. The van der Waals surface area contributed by atoms with E-state index in [1.54, 1.807) is 18.2 Å². The second-order valence-electron chi connectivity index (χ2n) is 3.57. The highest BCUT2D eigenvalue weighted by Gasteiger charge is 2.17. The van der Waals surface area contributed by atoms with E-state index in [0.717, 1.165) is 5.39 Å². The third-order valence-corrected chi connectivity index (χ3v) is 3.95. The fourth-order valence-electron chi connectivity index (χ4n) is 1.84. The molecule has 0 N–H and O–H groups in total. The van der Waals surface area contributed by atoms with Gasteiger partial charge in [0.2, 0.25) is 0 Å². The number of halogens is 4. The minimum absolute atomic E-state index is 0.381. The Hall–Kier alpha value is -0.600. The van der Waals surface area contributed by atoms with Crippen molar-refractivity contribution >= 4 is 68.3 Å². The van der Waals surface area contributed by atoms with Gasteiger partial charge < -0.3 is 4.42 Å². The first-order valence-electron chi connectivity index (χ1n) is 4.74. The van der Waals surface area contributed by atoms with Crippen molar-refractivity contribution in [3.63, 3.8) is 0 Å². The Morgan fingerprint density at radius 3 is 2.35 bits per heavy atom. The Bertz CT molecular complexity index is 745. The maximum Gasteiger partial charge on any atom is 0.155 e. The van der Waals surface area contributed by atoms with Crippen LogP contribution in [0.15, 0.2) is 28.7 Å². The molecule has 0 amide bonds. The highest BCUT2D eigenvalue weighted by Crippen LogP contribution is 2.43. The molecule has 0 spiro atoms. The van der Waals surface area contributed by atoms with Gasteiger partial charge in [-0.1, -0.05) is 52.5 Å². The molecule has 1 aromatic heterocycles. The normalized spacial score (nSPS) is 11.5. The Balaban J connectivity index is 2.68. The monoisotopic (exact) mass is 304 g/mol. The van der Waals surface area contributed by atoms with E-state index in [1.807, 2.05) is 6.07 Å². The Labute approximate surface area is 117 Å². The lowest BCUT2D eigenvalue weighted by Gasteiger charge is -1.99. The van der Waals surface area contributed by atoms with Gasteiger partial charge in [0.25, 0.3) is 0 Å². The number of benzene rings is 2. The summed E-state index contributed by atoms with van der Waals surface area (Å²) >= 11 is 24.4. The molecule has 0 fully saturated rings. The van der Waals surface area contributed by atoms with Gasteiger partial charge in [0.1, 0.15) is 5.58 Å². The van der Waals surface area contributed by atoms with E-state index in [-0.39, 0.29) is 0 Å². The smallest absolute Gasteiger partial charge is 0.155 e. The van der Waals surface area contributed by atoms with Crippen molar-refractivity contribution in [2.75, 3.05) is 0 Å². The summed E-state index contributed by atoms with van der Waals surface area (Å²) in [6, 6.07) is 6.94. The molecule has 3 rings (SSSR count). The van der Waals surface area contributed by atoms with Crippen LogP contribution in [0.1, 0.15) is 0 Å². The van der Waals surface area contributed by atoms with Crippen LogP contribution in [0.5, 0.6) is 0 Å². The first kappa shape index (κ1) is 11.5. The Kier molecular flexibility index (Phi) is 2.68. The Morgan fingerprint density at radius 1 is 0.824 bits per heavy atom. The third-order valence-electron chi connectivity index (χ3n) is 2.56. The van der Waals surface area contributed by atoms with Gasteiger partial charge in [-0.15, -0.1) is 0 Å². The van der Waals surface area contributed by atoms with Crippen LogP contribution >= 0.6 is 46.4 Å². The van der Waals surface area contributed by atoms with Crippen LogP contribution < -0.4 is 0 Å². The van der Waals surface area contributed by atoms with Gasteiger partial charge in [-0.25, -0.2) is 0 Å². The first-order valence-corrected chi connectivity index (χ1v) is 6.25. The maximum absolute atomic E-state index is 6.18. The molecular weight excluding hydrogens is 302 g/mol. The zero-order chi connectivity index (χ0) is 12.2. The molecule has 0 atom stereocenters. The molecule has 1 nitrogen and oxygen atoms in total. The van der Waals surface area contributed by atoms with Gasteiger partial charge >= 0.3 is 0 Å². The van der Waals surface area contributed by atoms with Crippen molar-refractivity contribution in [3.05, 3.63) is 44.4 Å². The molecule has 0 radical (unpaired) electrons. The summed E-state index contributed by atoms with van der Waals surface area (Å²) in [4.78, 5) is 0. The Morgan fingerprint density at radius 2 is 1.59 bits per heavy atom. The second-order valence-corrected chi connectivity index (χ2v) is 5.17. The molecule has 1 heterocycles. The largest absolute Gasteiger partial charge is 0.454 e. The maximum atomic E-state index is 6.18. The molecule has 5 heteroatoms. The van der Waals surface area contributed by atoms with Crippen molar-refractivity contribution in [2.45, 2.75) is 0 Å². The minimum Gasteiger partial charge on any atom is -0.454 e. The van der Waals surface area contributed by atoms with Gasteiger partial charge in [-0.2, -0.15) is 0 Å². The van der Waals surface area contributed by atoms with E-state index in [0.29, 0.717) is 36.6 Å². The third kappa shape index (κ3) is 1.61. The van der Waals surface area contributed by atoms with Crippen molar-refractivity contribution in [1.82, 2.24) is 0 Å². The average molecular weight is 306 g/mol. The number of fused-ring (bicyclic) bond motifs is 3. The van der Waals surface area contributed by atoms with Gasteiger partial charge in [-0.05, 0) is 18.2 Å². The molecule has 0 aliphatic heterocycles. The van der Waals surface area contributed by atoms with E-state index >= 15 is 0 Å². The molecule has 17 heavy (non-hydrogen) atoms. The van der Waals surface area contributed by atoms with Gasteiger partial charge in [0.05, 0.1) is 25.5 Å². The molecule has 0 saturated carbocycles. The summed E-state index contributed by atoms with van der Waals surface area (Å²) in [6.07, 6.45) is 0. The van der Waals surface area contributed by atoms with Crippen LogP contribution in [0, 0.1) is 0 Å². The van der Waals surface area contributed by atoms with E-state index in [2.05, 4.69) is 0 Å². The molecule has 0 aliphatic rings. The predicted octanol–water partition coefficient (Wildman–Crippen LogP) is 6.20. The van der Waals surface area contributed by atoms with E-state index in [4.69, 9.17) is 50.8 Å². The molecule has 0 bridgehead atoms. The topological polar surface area (TPSA) is 13.1 Å². The standard InChI is InChI=1S/C12H4Cl4O/c13-5-2-1-3-8-9(5)10-11(16)6(14)4-7(15)12(10)17-8/h1-4H. The quantitative estimate of drug-likeness (QED) is 0.451. The van der Waals surface area contributed by atoms with Crippen molar-refractivity contribution in [2.24, 2.45) is 0 Å². The SMILES string of the molecule is Clc1cc(Cl)c2oc3cccc(Cl)c3c2c1Cl. The minimum atomic E-state index is 0.381. The summed E-state index contributed by atoms with van der Waals surface area (Å²) in [5.74, 6) is 0. The molecule has 2 aromatic carbocycles. The van der Waals surface area contributed by atoms with Crippen LogP contribution in [0.25, 0.3) is 21.9 Å². The summed E-state index contributed by atoms with van der Waals surface area (Å²) in [5, 5.41) is 3.15. The molecule has 3 aromatic rings.